The Morgan fingerprint density at radius 3 is 2.49 bits per heavy atom. The molecule has 3 heterocycles. The second kappa shape index (κ2) is 10.4. The van der Waals surface area contributed by atoms with Gasteiger partial charge in [0.1, 0.15) is 10.6 Å². The van der Waals surface area contributed by atoms with E-state index in [2.05, 4.69) is 4.90 Å². The first-order chi connectivity index (χ1) is 17.8. The lowest BCUT2D eigenvalue weighted by atomic mass is 10.1. The summed E-state index contributed by atoms with van der Waals surface area (Å²) in [5, 5.41) is 0.194. The number of rotatable bonds is 6. The Kier molecular flexibility index (Phi) is 7.20. The lowest BCUT2D eigenvalue weighted by Crippen LogP contribution is -2.50. The van der Waals surface area contributed by atoms with Gasteiger partial charge >= 0.3 is 0 Å². The standard InChI is InChI=1S/C27H31ClN4O4S/c1-20-6-3-9-23(28)27(20)37(34,35)32-17-16-30-11-5-10-24(30)25(32)19-26(33)31-14-12-29(13-15-31)21-7-4-8-22(18-21)36-2/h3-11,18,25H,12-17,19H2,1-2H3. The monoisotopic (exact) mass is 542 g/mol. The minimum Gasteiger partial charge on any atom is -0.497 e. The van der Waals surface area contributed by atoms with Crippen LogP contribution in [0.15, 0.2) is 65.7 Å². The molecular formula is C27H31ClN4O4S. The topological polar surface area (TPSA) is 75.1 Å². The van der Waals surface area contributed by atoms with Crippen LogP contribution in [0, 0.1) is 6.92 Å². The van der Waals surface area contributed by atoms with Gasteiger partial charge in [0, 0.05) is 69.3 Å². The number of ether oxygens (including phenoxy) is 1. The van der Waals surface area contributed by atoms with E-state index >= 15 is 0 Å². The summed E-state index contributed by atoms with van der Waals surface area (Å²) in [5.74, 6) is 0.743. The largest absolute Gasteiger partial charge is 0.497 e. The average molecular weight is 543 g/mol. The Bertz CT molecular complexity index is 1380. The first-order valence-electron chi connectivity index (χ1n) is 12.4. The molecule has 1 unspecified atom stereocenters. The van der Waals surface area contributed by atoms with Crippen LogP contribution in [0.3, 0.4) is 0 Å². The Morgan fingerprint density at radius 1 is 1.00 bits per heavy atom. The average Bonchev–Trinajstić information content (AvgIpc) is 3.38. The Hall–Kier alpha value is -3.01. The number of sulfonamides is 1. The van der Waals surface area contributed by atoms with Crippen LogP contribution < -0.4 is 9.64 Å². The van der Waals surface area contributed by atoms with Crippen LogP contribution in [0.5, 0.6) is 5.75 Å². The first kappa shape index (κ1) is 25.6. The minimum absolute atomic E-state index is 0.0546. The smallest absolute Gasteiger partial charge is 0.245 e. The molecule has 1 aromatic heterocycles. The van der Waals surface area contributed by atoms with Crippen molar-refractivity contribution in [2.45, 2.75) is 30.8 Å². The number of piperazine rings is 1. The van der Waals surface area contributed by atoms with Gasteiger partial charge in [0.25, 0.3) is 0 Å². The molecule has 1 atom stereocenters. The number of aryl methyl sites for hydroxylation is 1. The van der Waals surface area contributed by atoms with Crippen molar-refractivity contribution in [1.29, 1.82) is 0 Å². The number of halogens is 1. The summed E-state index contributed by atoms with van der Waals surface area (Å²) < 4.78 is 36.6. The quantitative estimate of drug-likeness (QED) is 0.471. The van der Waals surface area contributed by atoms with E-state index in [0.717, 1.165) is 17.1 Å². The molecule has 0 aliphatic carbocycles. The van der Waals surface area contributed by atoms with Gasteiger partial charge in [0.2, 0.25) is 15.9 Å². The van der Waals surface area contributed by atoms with Crippen molar-refractivity contribution < 1.29 is 17.9 Å². The number of aromatic nitrogens is 1. The molecule has 3 aromatic rings. The van der Waals surface area contributed by atoms with Gasteiger partial charge in [-0.2, -0.15) is 4.31 Å². The molecule has 10 heteroatoms. The summed E-state index contributed by atoms with van der Waals surface area (Å²) in [6.45, 7) is 5.07. The number of carbonyl (C=O) groups is 1. The fourth-order valence-electron chi connectivity index (χ4n) is 5.31. The van der Waals surface area contributed by atoms with Crippen molar-refractivity contribution in [2.75, 3.05) is 44.7 Å². The van der Waals surface area contributed by atoms with E-state index in [1.807, 2.05) is 52.1 Å². The number of benzene rings is 2. The number of anilines is 1. The molecule has 8 nitrogen and oxygen atoms in total. The van der Waals surface area contributed by atoms with Crippen LogP contribution in [0.2, 0.25) is 5.02 Å². The molecule has 0 bridgehead atoms. The van der Waals surface area contributed by atoms with Crippen LogP contribution in [0.25, 0.3) is 0 Å². The van der Waals surface area contributed by atoms with Crippen molar-refractivity contribution in [1.82, 2.24) is 13.8 Å². The van der Waals surface area contributed by atoms with Gasteiger partial charge in [-0.05, 0) is 42.8 Å². The molecule has 0 radical (unpaired) electrons. The lowest BCUT2D eigenvalue weighted by Gasteiger charge is -2.39. The van der Waals surface area contributed by atoms with Gasteiger partial charge in [-0.15, -0.1) is 0 Å². The normalized spacial score (nSPS) is 18.5. The SMILES string of the molecule is COc1cccc(N2CCN(C(=O)CC3c4cccn4CCN3S(=O)(=O)c3c(C)cccc3Cl)CC2)c1. The predicted octanol–water partition coefficient (Wildman–Crippen LogP) is 3.94. The molecule has 2 aliphatic rings. The molecule has 37 heavy (non-hydrogen) atoms. The zero-order valence-electron chi connectivity index (χ0n) is 21.0. The van der Waals surface area contributed by atoms with Crippen LogP contribution >= 0.6 is 11.6 Å². The molecule has 1 amide bonds. The molecule has 196 valence electrons. The summed E-state index contributed by atoms with van der Waals surface area (Å²) in [7, 11) is -2.28. The highest BCUT2D eigenvalue weighted by Gasteiger charge is 2.40. The number of hydrogen-bond donors (Lipinski definition) is 0. The van der Waals surface area contributed by atoms with Gasteiger partial charge < -0.3 is 19.1 Å². The summed E-state index contributed by atoms with van der Waals surface area (Å²) >= 11 is 6.37. The molecule has 1 fully saturated rings. The Balaban J connectivity index is 1.35. The third kappa shape index (κ3) is 4.95. The molecule has 2 aliphatic heterocycles. The van der Waals surface area contributed by atoms with Crippen LogP contribution in [-0.2, 0) is 21.4 Å². The summed E-state index contributed by atoms with van der Waals surface area (Å²) in [6.07, 6.45) is 2.01. The molecule has 0 saturated carbocycles. The number of fused-ring (bicyclic) bond motifs is 1. The van der Waals surface area contributed by atoms with Crippen molar-refractivity contribution in [3.8, 4) is 5.75 Å². The maximum absolute atomic E-state index is 13.9. The van der Waals surface area contributed by atoms with Crippen molar-refractivity contribution >= 4 is 33.2 Å². The second-order valence-corrected chi connectivity index (χ2v) is 11.7. The summed E-state index contributed by atoms with van der Waals surface area (Å²) in [5.41, 5.74) is 2.47. The second-order valence-electron chi connectivity index (χ2n) is 9.42. The van der Waals surface area contributed by atoms with E-state index < -0.39 is 16.1 Å². The van der Waals surface area contributed by atoms with E-state index in [1.165, 1.54) is 4.31 Å². The van der Waals surface area contributed by atoms with E-state index in [0.29, 0.717) is 38.3 Å². The van der Waals surface area contributed by atoms with Gasteiger partial charge in [-0.1, -0.05) is 29.8 Å². The van der Waals surface area contributed by atoms with Crippen molar-refractivity contribution in [3.05, 3.63) is 77.1 Å². The Morgan fingerprint density at radius 2 is 1.76 bits per heavy atom. The highest BCUT2D eigenvalue weighted by Crippen LogP contribution is 2.37. The lowest BCUT2D eigenvalue weighted by molar-refractivity contribution is -0.132. The van der Waals surface area contributed by atoms with E-state index in [-0.39, 0.29) is 28.8 Å². The van der Waals surface area contributed by atoms with Crippen LogP contribution in [-0.4, -0.2) is 67.9 Å². The van der Waals surface area contributed by atoms with E-state index in [9.17, 15) is 13.2 Å². The highest BCUT2D eigenvalue weighted by molar-refractivity contribution is 7.89. The molecule has 0 N–H and O–H groups in total. The number of methoxy groups -OCH3 is 1. The molecule has 2 aromatic carbocycles. The van der Waals surface area contributed by atoms with Gasteiger partial charge in [0.15, 0.2) is 0 Å². The third-order valence-corrected chi connectivity index (χ3v) is 9.80. The fraction of sp³-hybridized carbons (Fsp3) is 0.370. The van der Waals surface area contributed by atoms with Crippen molar-refractivity contribution in [3.63, 3.8) is 0 Å². The molecule has 5 rings (SSSR count). The zero-order valence-corrected chi connectivity index (χ0v) is 22.6. The number of amides is 1. The van der Waals surface area contributed by atoms with Crippen molar-refractivity contribution in [2.24, 2.45) is 0 Å². The van der Waals surface area contributed by atoms with Gasteiger partial charge in [-0.25, -0.2) is 8.42 Å². The molecule has 1 saturated heterocycles. The zero-order chi connectivity index (χ0) is 26.2. The summed E-state index contributed by atoms with van der Waals surface area (Å²) in [6, 6.07) is 16.2. The Labute approximate surface area is 223 Å². The minimum atomic E-state index is -3.92. The number of carbonyl (C=O) groups excluding carboxylic acids is 1. The van der Waals surface area contributed by atoms with E-state index in [4.69, 9.17) is 16.3 Å². The highest BCUT2D eigenvalue weighted by atomic mass is 35.5. The number of nitrogens with zero attached hydrogens (tertiary/aromatic N) is 4. The first-order valence-corrected chi connectivity index (χ1v) is 14.2. The van der Waals surface area contributed by atoms with Gasteiger partial charge in [-0.3, -0.25) is 4.79 Å². The molecule has 0 spiro atoms. The fourth-order valence-corrected chi connectivity index (χ4v) is 7.69. The third-order valence-electron chi connectivity index (χ3n) is 7.26. The van der Waals surface area contributed by atoms with Crippen LogP contribution in [0.4, 0.5) is 5.69 Å². The predicted molar refractivity (Wildman–Crippen MR) is 144 cm³/mol. The maximum Gasteiger partial charge on any atom is 0.245 e. The summed E-state index contributed by atoms with van der Waals surface area (Å²) in [4.78, 5) is 17.7. The van der Waals surface area contributed by atoms with Gasteiger partial charge in [0.05, 0.1) is 18.2 Å². The number of hydrogen-bond acceptors (Lipinski definition) is 5. The maximum atomic E-state index is 13.9. The molecular weight excluding hydrogens is 512 g/mol. The van der Waals surface area contributed by atoms with Crippen LogP contribution in [0.1, 0.15) is 23.7 Å². The van der Waals surface area contributed by atoms with E-state index in [1.54, 1.807) is 32.2 Å².